The fourth-order valence-corrected chi connectivity index (χ4v) is 3.16. The summed E-state index contributed by atoms with van der Waals surface area (Å²) in [7, 11) is 0. The molecule has 1 aromatic heterocycles. The second-order valence-corrected chi connectivity index (χ2v) is 5.84. The summed E-state index contributed by atoms with van der Waals surface area (Å²) in [6, 6.07) is 4.73. The van der Waals surface area contributed by atoms with E-state index >= 15 is 0 Å². The van der Waals surface area contributed by atoms with Gasteiger partial charge < -0.3 is 10.0 Å². The minimum atomic E-state index is 0.108. The van der Waals surface area contributed by atoms with Gasteiger partial charge >= 0.3 is 0 Å². The summed E-state index contributed by atoms with van der Waals surface area (Å²) >= 11 is 0. The molecule has 2 heterocycles. The molecule has 1 N–H and O–H groups in total. The van der Waals surface area contributed by atoms with E-state index in [1.54, 1.807) is 0 Å². The van der Waals surface area contributed by atoms with Gasteiger partial charge in [-0.25, -0.2) is 4.98 Å². The number of anilines is 1. The SMILES string of the molecule is CCCc1cc(CO)cc(N2CCCCCC2CC)n1. The molecule has 20 heavy (non-hydrogen) atoms. The van der Waals surface area contributed by atoms with Crippen LogP contribution in [0.1, 0.15) is 63.6 Å². The van der Waals surface area contributed by atoms with Gasteiger partial charge in [0.05, 0.1) is 6.61 Å². The monoisotopic (exact) mass is 276 g/mol. The van der Waals surface area contributed by atoms with Crippen LogP contribution >= 0.6 is 0 Å². The van der Waals surface area contributed by atoms with Crippen LogP contribution < -0.4 is 4.90 Å². The molecule has 0 bridgehead atoms. The van der Waals surface area contributed by atoms with E-state index < -0.39 is 0 Å². The highest BCUT2D eigenvalue weighted by Crippen LogP contribution is 2.26. The van der Waals surface area contributed by atoms with Gasteiger partial charge in [0, 0.05) is 18.3 Å². The first-order chi connectivity index (χ1) is 9.78. The topological polar surface area (TPSA) is 36.4 Å². The first-order valence-corrected chi connectivity index (χ1v) is 8.15. The van der Waals surface area contributed by atoms with E-state index in [-0.39, 0.29) is 6.61 Å². The Balaban J connectivity index is 2.30. The Bertz CT molecular complexity index is 419. The molecule has 0 amide bonds. The Hall–Kier alpha value is -1.09. The van der Waals surface area contributed by atoms with Gasteiger partial charge in [-0.2, -0.15) is 0 Å². The Labute approximate surface area is 123 Å². The normalized spacial score (nSPS) is 19.9. The van der Waals surface area contributed by atoms with Crippen molar-refractivity contribution in [1.82, 2.24) is 4.98 Å². The maximum Gasteiger partial charge on any atom is 0.129 e. The van der Waals surface area contributed by atoms with Gasteiger partial charge in [-0.15, -0.1) is 0 Å². The Kier molecular flexibility index (Phi) is 5.84. The number of pyridine rings is 1. The standard InChI is InChI=1S/C17H28N2O/c1-3-8-15-11-14(13-20)12-17(18-15)19-10-7-5-6-9-16(19)4-2/h11-12,16,20H,3-10,13H2,1-2H3. The summed E-state index contributed by atoms with van der Waals surface area (Å²) in [6.45, 7) is 5.66. The zero-order chi connectivity index (χ0) is 14.4. The van der Waals surface area contributed by atoms with E-state index in [4.69, 9.17) is 4.98 Å². The third kappa shape index (κ3) is 3.72. The van der Waals surface area contributed by atoms with Gasteiger partial charge in [-0.3, -0.25) is 0 Å². The average Bonchev–Trinajstić information content (AvgIpc) is 2.72. The van der Waals surface area contributed by atoms with Crippen molar-refractivity contribution in [3.05, 3.63) is 23.4 Å². The molecule has 1 aromatic rings. The fraction of sp³-hybridized carbons (Fsp3) is 0.706. The summed E-state index contributed by atoms with van der Waals surface area (Å²) in [5.74, 6) is 1.08. The Morgan fingerprint density at radius 1 is 1.25 bits per heavy atom. The van der Waals surface area contributed by atoms with E-state index in [1.807, 2.05) is 6.07 Å². The summed E-state index contributed by atoms with van der Waals surface area (Å²) in [6.07, 6.45) is 8.44. The molecule has 1 fully saturated rings. The number of nitrogens with zero attached hydrogens (tertiary/aromatic N) is 2. The number of aliphatic hydroxyl groups is 1. The fourth-order valence-electron chi connectivity index (χ4n) is 3.16. The lowest BCUT2D eigenvalue weighted by Crippen LogP contribution is -2.35. The third-order valence-corrected chi connectivity index (χ3v) is 4.26. The molecular formula is C17H28N2O. The Morgan fingerprint density at radius 3 is 2.80 bits per heavy atom. The molecule has 1 aliphatic heterocycles. The minimum absolute atomic E-state index is 0.108. The molecule has 1 atom stereocenters. The summed E-state index contributed by atoms with van der Waals surface area (Å²) in [4.78, 5) is 7.33. The zero-order valence-corrected chi connectivity index (χ0v) is 12.9. The maximum atomic E-state index is 9.49. The van der Waals surface area contributed by atoms with Crippen LogP contribution in [0.2, 0.25) is 0 Å². The highest BCUT2D eigenvalue weighted by Gasteiger charge is 2.21. The van der Waals surface area contributed by atoms with Gasteiger partial charge in [-0.05, 0) is 43.4 Å². The van der Waals surface area contributed by atoms with E-state index in [9.17, 15) is 5.11 Å². The highest BCUT2D eigenvalue weighted by atomic mass is 16.3. The molecule has 2 rings (SSSR count). The molecule has 3 nitrogen and oxygen atoms in total. The number of aryl methyl sites for hydroxylation is 1. The Morgan fingerprint density at radius 2 is 2.10 bits per heavy atom. The van der Waals surface area contributed by atoms with Crippen LogP contribution in [0, 0.1) is 0 Å². The lowest BCUT2D eigenvalue weighted by Gasteiger charge is -2.31. The quantitative estimate of drug-likeness (QED) is 0.891. The van der Waals surface area contributed by atoms with Gasteiger partial charge in [0.15, 0.2) is 0 Å². The van der Waals surface area contributed by atoms with E-state index in [0.717, 1.165) is 36.5 Å². The van der Waals surface area contributed by atoms with Crippen LogP contribution in [0.3, 0.4) is 0 Å². The van der Waals surface area contributed by atoms with Crippen LogP contribution in [0.5, 0.6) is 0 Å². The van der Waals surface area contributed by atoms with Crippen molar-refractivity contribution in [2.45, 2.75) is 71.4 Å². The number of aromatic nitrogens is 1. The lowest BCUT2D eigenvalue weighted by atomic mass is 10.1. The van der Waals surface area contributed by atoms with Crippen molar-refractivity contribution >= 4 is 5.82 Å². The molecule has 0 spiro atoms. The van der Waals surface area contributed by atoms with Crippen molar-refractivity contribution in [2.24, 2.45) is 0 Å². The van der Waals surface area contributed by atoms with Crippen LogP contribution in [0.25, 0.3) is 0 Å². The first-order valence-electron chi connectivity index (χ1n) is 8.15. The lowest BCUT2D eigenvalue weighted by molar-refractivity contribution is 0.281. The van der Waals surface area contributed by atoms with Crippen LogP contribution in [0.15, 0.2) is 12.1 Å². The molecule has 0 radical (unpaired) electrons. The largest absolute Gasteiger partial charge is 0.392 e. The van der Waals surface area contributed by atoms with E-state index in [1.165, 1.54) is 32.1 Å². The molecule has 3 heteroatoms. The minimum Gasteiger partial charge on any atom is -0.392 e. The molecule has 0 aliphatic carbocycles. The van der Waals surface area contributed by atoms with Crippen LogP contribution in [0.4, 0.5) is 5.82 Å². The number of hydrogen-bond donors (Lipinski definition) is 1. The molecule has 0 saturated carbocycles. The van der Waals surface area contributed by atoms with Crippen LogP contribution in [-0.4, -0.2) is 22.7 Å². The summed E-state index contributed by atoms with van der Waals surface area (Å²) < 4.78 is 0. The molecule has 1 saturated heterocycles. The zero-order valence-electron chi connectivity index (χ0n) is 12.9. The predicted molar refractivity (Wildman–Crippen MR) is 84.0 cm³/mol. The maximum absolute atomic E-state index is 9.49. The summed E-state index contributed by atoms with van der Waals surface area (Å²) in [5.41, 5.74) is 2.12. The van der Waals surface area contributed by atoms with Crippen molar-refractivity contribution in [2.75, 3.05) is 11.4 Å². The molecule has 0 aromatic carbocycles. The number of hydrogen-bond acceptors (Lipinski definition) is 3. The number of aliphatic hydroxyl groups excluding tert-OH is 1. The highest BCUT2D eigenvalue weighted by molar-refractivity contribution is 5.44. The second kappa shape index (κ2) is 7.63. The van der Waals surface area contributed by atoms with Crippen molar-refractivity contribution in [3.8, 4) is 0 Å². The molecule has 112 valence electrons. The van der Waals surface area contributed by atoms with Gasteiger partial charge in [0.1, 0.15) is 5.82 Å². The smallest absolute Gasteiger partial charge is 0.129 e. The van der Waals surface area contributed by atoms with Crippen LogP contribution in [-0.2, 0) is 13.0 Å². The average molecular weight is 276 g/mol. The molecule has 1 aliphatic rings. The first kappa shape index (κ1) is 15.3. The summed E-state index contributed by atoms with van der Waals surface area (Å²) in [5, 5.41) is 9.49. The van der Waals surface area contributed by atoms with E-state index in [0.29, 0.717) is 6.04 Å². The second-order valence-electron chi connectivity index (χ2n) is 5.84. The van der Waals surface area contributed by atoms with E-state index in [2.05, 4.69) is 24.8 Å². The van der Waals surface area contributed by atoms with Gasteiger partial charge in [-0.1, -0.05) is 33.1 Å². The molecular weight excluding hydrogens is 248 g/mol. The van der Waals surface area contributed by atoms with Gasteiger partial charge in [0.2, 0.25) is 0 Å². The van der Waals surface area contributed by atoms with Gasteiger partial charge in [0.25, 0.3) is 0 Å². The number of rotatable bonds is 5. The van der Waals surface area contributed by atoms with Crippen molar-refractivity contribution < 1.29 is 5.11 Å². The molecule has 1 unspecified atom stereocenters. The van der Waals surface area contributed by atoms with Crippen molar-refractivity contribution in [1.29, 1.82) is 0 Å². The predicted octanol–water partition coefficient (Wildman–Crippen LogP) is 3.69. The van der Waals surface area contributed by atoms with Crippen molar-refractivity contribution in [3.63, 3.8) is 0 Å². The third-order valence-electron chi connectivity index (χ3n) is 4.26.